The first-order valence-electron chi connectivity index (χ1n) is 9.49. The van der Waals surface area contributed by atoms with Gasteiger partial charge in [-0.2, -0.15) is 5.21 Å². The van der Waals surface area contributed by atoms with E-state index in [1.165, 1.54) is 39.3 Å². The number of hydrogen-bond donors (Lipinski definition) is 2. The Labute approximate surface area is 161 Å². The van der Waals surface area contributed by atoms with Gasteiger partial charge in [0.15, 0.2) is 0 Å². The molecular weight excluding hydrogens is 354 g/mol. The minimum Gasteiger partial charge on any atom is -0.311 e. The first-order chi connectivity index (χ1) is 13.3. The summed E-state index contributed by atoms with van der Waals surface area (Å²) in [7, 11) is 0. The van der Waals surface area contributed by atoms with Crippen molar-refractivity contribution in [3.05, 3.63) is 59.2 Å². The molecule has 134 valence electrons. The van der Waals surface area contributed by atoms with Gasteiger partial charge in [-0.15, -0.1) is 10.2 Å². The predicted molar refractivity (Wildman–Crippen MR) is 105 cm³/mol. The van der Waals surface area contributed by atoms with Crippen molar-refractivity contribution >= 4 is 17.3 Å². The van der Waals surface area contributed by atoms with Crippen molar-refractivity contribution in [2.45, 2.75) is 47.6 Å². The van der Waals surface area contributed by atoms with Crippen molar-refractivity contribution in [2.75, 3.05) is 0 Å². The summed E-state index contributed by atoms with van der Waals surface area (Å²) >= 11 is 1.84. The summed E-state index contributed by atoms with van der Waals surface area (Å²) in [6.07, 6.45) is 4.94. The molecule has 4 heterocycles. The van der Waals surface area contributed by atoms with Gasteiger partial charge in [0.2, 0.25) is 5.82 Å². The fourth-order valence-electron chi connectivity index (χ4n) is 4.75. The van der Waals surface area contributed by atoms with Crippen LogP contribution in [0.4, 0.5) is 0 Å². The molecule has 3 aromatic rings. The summed E-state index contributed by atoms with van der Waals surface area (Å²) in [4.78, 5) is 2.62. The zero-order valence-electron chi connectivity index (χ0n) is 14.8. The first-order valence-corrected chi connectivity index (χ1v) is 10.3. The summed E-state index contributed by atoms with van der Waals surface area (Å²) in [6, 6.07) is 16.7. The SMILES string of the molecule is c1ccc2c(c1)Sc1cc(-c3nn[nH]n3)ccc1C2=C1C[C@H]2CC[C@@H](C1)N2. The molecule has 0 unspecified atom stereocenters. The molecule has 0 saturated carbocycles. The summed E-state index contributed by atoms with van der Waals surface area (Å²) in [6.45, 7) is 0. The number of aromatic amines is 1. The Kier molecular flexibility index (Phi) is 3.49. The maximum Gasteiger partial charge on any atom is 0.204 e. The lowest BCUT2D eigenvalue weighted by Crippen LogP contribution is -2.35. The summed E-state index contributed by atoms with van der Waals surface area (Å²) in [5.74, 6) is 0.645. The highest BCUT2D eigenvalue weighted by Crippen LogP contribution is 2.49. The van der Waals surface area contributed by atoms with Crippen LogP contribution >= 0.6 is 11.8 Å². The summed E-state index contributed by atoms with van der Waals surface area (Å²) in [5, 5.41) is 18.3. The Morgan fingerprint density at radius 1 is 0.926 bits per heavy atom. The Hall–Kier alpha value is -2.44. The summed E-state index contributed by atoms with van der Waals surface area (Å²) in [5.41, 5.74) is 6.81. The van der Waals surface area contributed by atoms with E-state index in [1.807, 2.05) is 11.8 Å². The third-order valence-corrected chi connectivity index (χ3v) is 7.04. The number of fused-ring (bicyclic) bond motifs is 4. The van der Waals surface area contributed by atoms with Crippen LogP contribution in [0.2, 0.25) is 0 Å². The van der Waals surface area contributed by atoms with Crippen LogP contribution in [-0.4, -0.2) is 32.7 Å². The first kappa shape index (κ1) is 15.6. The molecule has 2 bridgehead atoms. The van der Waals surface area contributed by atoms with Gasteiger partial charge in [0.25, 0.3) is 0 Å². The van der Waals surface area contributed by atoms with Gasteiger partial charge < -0.3 is 5.32 Å². The number of piperidine rings is 1. The largest absolute Gasteiger partial charge is 0.311 e. The van der Waals surface area contributed by atoms with Gasteiger partial charge in [-0.25, -0.2) is 0 Å². The second kappa shape index (κ2) is 6.04. The van der Waals surface area contributed by atoms with E-state index < -0.39 is 0 Å². The number of nitrogens with zero attached hydrogens (tertiary/aromatic N) is 3. The van der Waals surface area contributed by atoms with E-state index in [0.717, 1.165) is 18.4 Å². The van der Waals surface area contributed by atoms with E-state index in [4.69, 9.17) is 0 Å². The van der Waals surface area contributed by atoms with Gasteiger partial charge in [0.1, 0.15) is 0 Å². The molecule has 1 aromatic heterocycles. The van der Waals surface area contributed by atoms with Gasteiger partial charge in [0, 0.05) is 27.4 Å². The lowest BCUT2D eigenvalue weighted by molar-refractivity contribution is 0.475. The van der Waals surface area contributed by atoms with Crippen LogP contribution in [0.3, 0.4) is 0 Å². The molecule has 6 heteroatoms. The molecule has 0 spiro atoms. The van der Waals surface area contributed by atoms with E-state index in [1.54, 1.807) is 5.57 Å². The normalized spacial score (nSPS) is 25.9. The zero-order valence-corrected chi connectivity index (χ0v) is 15.6. The Morgan fingerprint density at radius 2 is 1.74 bits per heavy atom. The highest BCUT2D eigenvalue weighted by atomic mass is 32.2. The molecule has 2 atom stereocenters. The van der Waals surface area contributed by atoms with Crippen LogP contribution in [-0.2, 0) is 0 Å². The van der Waals surface area contributed by atoms with Crippen molar-refractivity contribution in [2.24, 2.45) is 0 Å². The lowest BCUT2D eigenvalue weighted by atomic mass is 9.86. The van der Waals surface area contributed by atoms with Gasteiger partial charge >= 0.3 is 0 Å². The number of rotatable bonds is 1. The highest BCUT2D eigenvalue weighted by molar-refractivity contribution is 7.99. The molecular formula is C21H19N5S. The van der Waals surface area contributed by atoms with Crippen LogP contribution in [0.15, 0.2) is 57.8 Å². The molecule has 3 aliphatic rings. The Bertz CT molecular complexity index is 1040. The van der Waals surface area contributed by atoms with Crippen LogP contribution < -0.4 is 5.32 Å². The minimum absolute atomic E-state index is 0.645. The van der Waals surface area contributed by atoms with Crippen molar-refractivity contribution in [3.63, 3.8) is 0 Å². The van der Waals surface area contributed by atoms with Crippen molar-refractivity contribution < 1.29 is 0 Å². The number of nitrogens with one attached hydrogen (secondary N) is 2. The smallest absolute Gasteiger partial charge is 0.204 e. The fourth-order valence-corrected chi connectivity index (χ4v) is 5.88. The molecule has 0 aliphatic carbocycles. The fraction of sp³-hybridized carbons (Fsp3) is 0.286. The van der Waals surface area contributed by atoms with Gasteiger partial charge in [0.05, 0.1) is 0 Å². The molecule has 3 aliphatic heterocycles. The summed E-state index contributed by atoms with van der Waals surface area (Å²) < 4.78 is 0. The molecule has 5 nitrogen and oxygen atoms in total. The second-order valence-electron chi connectivity index (χ2n) is 7.57. The zero-order chi connectivity index (χ0) is 17.8. The number of tetrazole rings is 1. The van der Waals surface area contributed by atoms with Crippen molar-refractivity contribution in [1.29, 1.82) is 0 Å². The van der Waals surface area contributed by atoms with Crippen LogP contribution in [0.25, 0.3) is 17.0 Å². The number of benzene rings is 2. The van der Waals surface area contributed by atoms with E-state index in [-0.39, 0.29) is 0 Å². The monoisotopic (exact) mass is 373 g/mol. The molecule has 27 heavy (non-hydrogen) atoms. The van der Waals surface area contributed by atoms with Crippen molar-refractivity contribution in [3.8, 4) is 11.4 Å². The van der Waals surface area contributed by atoms with Crippen LogP contribution in [0.5, 0.6) is 0 Å². The number of H-pyrrole nitrogens is 1. The van der Waals surface area contributed by atoms with Gasteiger partial charge in [-0.3, -0.25) is 0 Å². The van der Waals surface area contributed by atoms with E-state index >= 15 is 0 Å². The van der Waals surface area contributed by atoms with Gasteiger partial charge in [-0.1, -0.05) is 47.7 Å². The average molecular weight is 373 g/mol. The van der Waals surface area contributed by atoms with Crippen molar-refractivity contribution in [1.82, 2.24) is 25.9 Å². The maximum atomic E-state index is 4.14. The Morgan fingerprint density at radius 3 is 2.56 bits per heavy atom. The molecule has 2 aromatic carbocycles. The van der Waals surface area contributed by atoms with Crippen LogP contribution in [0, 0.1) is 0 Å². The number of hydrogen-bond acceptors (Lipinski definition) is 5. The lowest BCUT2D eigenvalue weighted by Gasteiger charge is -2.30. The third kappa shape index (κ3) is 2.55. The number of aromatic nitrogens is 4. The standard InChI is InChI=1S/C21H19N5S/c1-2-4-18-16(3-1)20(13-9-14-6-7-15(10-13)22-14)17-8-5-12(11-19(17)27-18)21-23-25-26-24-21/h1-5,8,11,14-15,22H,6-7,9-10H2,(H,23,24,25,26)/t14-,15+. The molecule has 6 rings (SSSR count). The molecule has 2 fully saturated rings. The second-order valence-corrected chi connectivity index (χ2v) is 8.65. The molecule has 0 radical (unpaired) electrons. The van der Waals surface area contributed by atoms with E-state index in [2.05, 4.69) is 68.4 Å². The minimum atomic E-state index is 0.645. The van der Waals surface area contributed by atoms with Crippen LogP contribution in [0.1, 0.15) is 36.8 Å². The Balaban J connectivity index is 1.54. The molecule has 2 saturated heterocycles. The molecule has 2 N–H and O–H groups in total. The molecule has 0 amide bonds. The predicted octanol–water partition coefficient (Wildman–Crippen LogP) is 4.05. The maximum absolute atomic E-state index is 4.14. The van der Waals surface area contributed by atoms with E-state index in [9.17, 15) is 0 Å². The van der Waals surface area contributed by atoms with Gasteiger partial charge in [-0.05, 0) is 59.7 Å². The topological polar surface area (TPSA) is 66.5 Å². The highest BCUT2D eigenvalue weighted by Gasteiger charge is 2.34. The average Bonchev–Trinajstić information content (AvgIpc) is 3.35. The quantitative estimate of drug-likeness (QED) is 0.527. The third-order valence-electron chi connectivity index (χ3n) is 5.90. The van der Waals surface area contributed by atoms with E-state index in [0.29, 0.717) is 17.9 Å².